The van der Waals surface area contributed by atoms with E-state index < -0.39 is 0 Å². The van der Waals surface area contributed by atoms with Crippen molar-refractivity contribution in [1.82, 2.24) is 29.5 Å². The summed E-state index contributed by atoms with van der Waals surface area (Å²) in [6.45, 7) is 6.84. The maximum atomic E-state index is 13.8. The number of nitrogens with zero attached hydrogens (tertiary/aromatic N) is 6. The zero-order valence-corrected chi connectivity index (χ0v) is 23.4. The van der Waals surface area contributed by atoms with E-state index in [9.17, 15) is 9.59 Å². The molecule has 3 aliphatic heterocycles. The molecule has 4 aromatic rings. The van der Waals surface area contributed by atoms with Crippen LogP contribution in [0.3, 0.4) is 0 Å². The van der Waals surface area contributed by atoms with Gasteiger partial charge in [-0.15, -0.1) is 11.3 Å². The average Bonchev–Trinajstić information content (AvgIpc) is 3.60. The summed E-state index contributed by atoms with van der Waals surface area (Å²) < 4.78 is 3.02. The van der Waals surface area contributed by atoms with E-state index in [1.165, 1.54) is 11.3 Å². The Balaban J connectivity index is 1.25. The summed E-state index contributed by atoms with van der Waals surface area (Å²) in [4.78, 5) is 44.6. The molecule has 1 aromatic carbocycles. The monoisotopic (exact) mass is 545 g/mol. The lowest BCUT2D eigenvalue weighted by Crippen LogP contribution is -2.34. The van der Waals surface area contributed by atoms with Gasteiger partial charge in [-0.3, -0.25) is 14.0 Å². The van der Waals surface area contributed by atoms with Gasteiger partial charge in [0.15, 0.2) is 5.65 Å². The number of hydrogen-bond acceptors (Lipinski definition) is 8. The van der Waals surface area contributed by atoms with Crippen LogP contribution in [0, 0.1) is 17.8 Å². The first kappa shape index (κ1) is 24.9. The molecule has 0 spiro atoms. The molecular formula is C29H35N7O2S. The molecule has 3 aliphatic rings. The molecule has 6 heterocycles. The Morgan fingerprint density at radius 1 is 1.05 bits per heavy atom. The predicted molar refractivity (Wildman–Crippen MR) is 156 cm³/mol. The molecule has 7 rings (SSSR count). The molecule has 39 heavy (non-hydrogen) atoms. The van der Waals surface area contributed by atoms with E-state index in [1.807, 2.05) is 28.7 Å². The Labute approximate surface area is 231 Å². The fraction of sp³-hybridized carbons (Fsp3) is 0.517. The lowest BCUT2D eigenvalue weighted by molar-refractivity contribution is 0.0949. The average molecular weight is 546 g/mol. The van der Waals surface area contributed by atoms with Crippen LogP contribution in [-0.4, -0.2) is 90.0 Å². The molecule has 9 nitrogen and oxygen atoms in total. The molecule has 10 heteroatoms. The lowest BCUT2D eigenvalue weighted by atomic mass is 9.94. The second-order valence-electron chi connectivity index (χ2n) is 11.8. The van der Waals surface area contributed by atoms with Gasteiger partial charge in [-0.1, -0.05) is 12.1 Å². The van der Waals surface area contributed by atoms with Crippen LogP contribution < -0.4 is 15.6 Å². The smallest absolute Gasteiger partial charge is 0.258 e. The third-order valence-electron chi connectivity index (χ3n) is 9.02. The molecule has 3 saturated heterocycles. The molecule has 0 radical (unpaired) electrons. The second-order valence-corrected chi connectivity index (χ2v) is 12.8. The first-order valence-electron chi connectivity index (χ1n) is 14.1. The Bertz CT molecular complexity index is 1610. The summed E-state index contributed by atoms with van der Waals surface area (Å²) in [5, 5.41) is 3.46. The number of amides is 1. The van der Waals surface area contributed by atoms with Crippen molar-refractivity contribution >= 4 is 49.3 Å². The van der Waals surface area contributed by atoms with E-state index in [2.05, 4.69) is 39.1 Å². The minimum absolute atomic E-state index is 0.196. The van der Waals surface area contributed by atoms with E-state index in [0.29, 0.717) is 46.1 Å². The summed E-state index contributed by atoms with van der Waals surface area (Å²) in [6.07, 6.45) is 4.87. The molecule has 1 N–H and O–H groups in total. The topological polar surface area (TPSA) is 86.1 Å². The van der Waals surface area contributed by atoms with Gasteiger partial charge in [0.2, 0.25) is 11.4 Å². The minimum atomic E-state index is -0.306. The van der Waals surface area contributed by atoms with E-state index in [1.54, 1.807) is 6.20 Å². The maximum absolute atomic E-state index is 13.8. The van der Waals surface area contributed by atoms with Gasteiger partial charge in [-0.25, -0.2) is 4.98 Å². The Morgan fingerprint density at radius 2 is 1.79 bits per heavy atom. The Hall–Kier alpha value is -3.08. The van der Waals surface area contributed by atoms with Crippen LogP contribution >= 0.6 is 11.3 Å². The number of anilines is 1. The SMILES string of the molecule is CN1CCC(CCNC(=O)c2c(=O)c3cnc(N4CC5CN(C)CC5C4)nc3n3c2sc2ccccc23)CC1. The van der Waals surface area contributed by atoms with Crippen LogP contribution in [0.1, 0.15) is 29.6 Å². The van der Waals surface area contributed by atoms with E-state index in [-0.39, 0.29) is 16.9 Å². The molecule has 2 atom stereocenters. The van der Waals surface area contributed by atoms with E-state index in [0.717, 1.165) is 68.7 Å². The molecule has 204 valence electrons. The number of carbonyl (C=O) groups is 1. The van der Waals surface area contributed by atoms with E-state index in [4.69, 9.17) is 4.98 Å². The van der Waals surface area contributed by atoms with Crippen molar-refractivity contribution in [2.75, 3.05) is 64.8 Å². The molecular weight excluding hydrogens is 510 g/mol. The molecule has 1 amide bonds. The van der Waals surface area contributed by atoms with Gasteiger partial charge in [0.1, 0.15) is 10.4 Å². The van der Waals surface area contributed by atoms with Gasteiger partial charge in [0.05, 0.1) is 15.6 Å². The Morgan fingerprint density at radius 3 is 2.56 bits per heavy atom. The number of likely N-dealkylation sites (tertiary alicyclic amines) is 2. The van der Waals surface area contributed by atoms with Crippen LogP contribution in [0.5, 0.6) is 0 Å². The number of thiazole rings is 1. The summed E-state index contributed by atoms with van der Waals surface area (Å²) in [6, 6.07) is 8.04. The van der Waals surface area contributed by atoms with Crippen molar-refractivity contribution < 1.29 is 4.79 Å². The second kappa shape index (κ2) is 9.83. The van der Waals surface area contributed by atoms with Gasteiger partial charge in [0.25, 0.3) is 5.91 Å². The number of benzene rings is 1. The molecule has 3 fully saturated rings. The van der Waals surface area contributed by atoms with Gasteiger partial charge in [0, 0.05) is 38.9 Å². The van der Waals surface area contributed by atoms with Crippen LogP contribution in [0.15, 0.2) is 35.3 Å². The van der Waals surface area contributed by atoms with Gasteiger partial charge in [-0.2, -0.15) is 4.98 Å². The van der Waals surface area contributed by atoms with Crippen molar-refractivity contribution in [1.29, 1.82) is 0 Å². The predicted octanol–water partition coefficient (Wildman–Crippen LogP) is 2.92. The molecule has 0 saturated carbocycles. The largest absolute Gasteiger partial charge is 0.352 e. The number of pyridine rings is 1. The highest BCUT2D eigenvalue weighted by Crippen LogP contribution is 2.34. The summed E-state index contributed by atoms with van der Waals surface area (Å²) in [5.41, 5.74) is 1.43. The first-order chi connectivity index (χ1) is 19.0. The van der Waals surface area contributed by atoms with Crippen molar-refractivity contribution in [3.05, 3.63) is 46.2 Å². The standard InChI is InChI=1S/C29H35N7O2S/c1-33-11-8-18(9-12-33)7-10-30-27(38)24-25(37)21-13-31-29(35-16-19-14-34(2)15-20(19)17-35)32-26(21)36-22-5-3-4-6-23(22)39-28(24)36/h3-6,13,18-20H,7-12,14-17H2,1-2H3,(H,30,38). The third kappa shape index (κ3) is 4.38. The third-order valence-corrected chi connectivity index (χ3v) is 10.2. The van der Waals surface area contributed by atoms with Crippen molar-refractivity contribution in [3.8, 4) is 0 Å². The van der Waals surface area contributed by atoms with Crippen molar-refractivity contribution in [2.45, 2.75) is 19.3 Å². The minimum Gasteiger partial charge on any atom is -0.352 e. The van der Waals surface area contributed by atoms with Gasteiger partial charge >= 0.3 is 0 Å². The molecule has 0 aliphatic carbocycles. The van der Waals surface area contributed by atoms with Crippen LogP contribution in [0.25, 0.3) is 26.1 Å². The number of hydrogen-bond donors (Lipinski definition) is 1. The normalized spacial score (nSPS) is 22.9. The fourth-order valence-corrected chi connectivity index (χ4v) is 8.04. The van der Waals surface area contributed by atoms with Crippen molar-refractivity contribution in [2.24, 2.45) is 17.8 Å². The van der Waals surface area contributed by atoms with Crippen molar-refractivity contribution in [3.63, 3.8) is 0 Å². The number of fused-ring (bicyclic) bond motifs is 6. The number of piperidine rings is 1. The van der Waals surface area contributed by atoms with Crippen LogP contribution in [0.2, 0.25) is 0 Å². The summed E-state index contributed by atoms with van der Waals surface area (Å²) in [7, 11) is 4.34. The molecule has 0 bridgehead atoms. The molecule has 3 aromatic heterocycles. The highest BCUT2D eigenvalue weighted by Gasteiger charge is 2.39. The number of nitrogens with one attached hydrogen (secondary N) is 1. The highest BCUT2D eigenvalue weighted by molar-refractivity contribution is 7.24. The lowest BCUT2D eigenvalue weighted by Gasteiger charge is -2.28. The van der Waals surface area contributed by atoms with Gasteiger partial charge in [-0.05, 0) is 76.3 Å². The van der Waals surface area contributed by atoms with Crippen LogP contribution in [0.4, 0.5) is 5.95 Å². The number of carbonyl (C=O) groups excluding carboxylic acids is 1. The van der Waals surface area contributed by atoms with Crippen LogP contribution in [-0.2, 0) is 0 Å². The number of aromatic nitrogens is 3. The Kier molecular flexibility index (Phi) is 6.28. The zero-order valence-electron chi connectivity index (χ0n) is 22.6. The maximum Gasteiger partial charge on any atom is 0.258 e. The van der Waals surface area contributed by atoms with Gasteiger partial charge < -0.3 is 20.0 Å². The summed E-state index contributed by atoms with van der Waals surface area (Å²) >= 11 is 1.48. The fourth-order valence-electron chi connectivity index (χ4n) is 6.86. The summed E-state index contributed by atoms with van der Waals surface area (Å²) in [5.74, 6) is 2.22. The number of rotatable bonds is 5. The molecule has 2 unspecified atom stereocenters. The first-order valence-corrected chi connectivity index (χ1v) is 14.9. The highest BCUT2D eigenvalue weighted by atomic mass is 32.1. The zero-order chi connectivity index (χ0) is 26.7. The number of para-hydroxylation sites is 1. The van der Waals surface area contributed by atoms with E-state index >= 15 is 0 Å². The quantitative estimate of drug-likeness (QED) is 0.413.